The molecule has 1 fully saturated rings. The van der Waals surface area contributed by atoms with E-state index in [1.54, 1.807) is 6.20 Å². The van der Waals surface area contributed by atoms with Crippen molar-refractivity contribution >= 4 is 35.6 Å². The van der Waals surface area contributed by atoms with Gasteiger partial charge in [0.25, 0.3) is 0 Å². The van der Waals surface area contributed by atoms with Gasteiger partial charge < -0.3 is 20.7 Å². The lowest BCUT2D eigenvalue weighted by atomic mass is 10.2. The molecule has 0 saturated carbocycles. The van der Waals surface area contributed by atoms with Gasteiger partial charge in [0.15, 0.2) is 5.96 Å². The molecule has 0 unspecified atom stereocenters. The van der Waals surface area contributed by atoms with Crippen molar-refractivity contribution in [3.05, 3.63) is 59.9 Å². The molecule has 2 aromatic rings. The van der Waals surface area contributed by atoms with Crippen LogP contribution in [-0.4, -0.2) is 43.8 Å². The van der Waals surface area contributed by atoms with E-state index in [0.717, 1.165) is 50.5 Å². The van der Waals surface area contributed by atoms with Gasteiger partial charge in [0.05, 0.1) is 19.8 Å². The average molecular weight is 467 g/mol. The maximum Gasteiger partial charge on any atom is 0.188 e. The summed E-state index contributed by atoms with van der Waals surface area (Å²) in [5, 5.41) is 3.13. The second kappa shape index (κ2) is 11.0. The number of halogens is 1. The molecule has 140 valence electrons. The fourth-order valence-corrected chi connectivity index (χ4v) is 2.73. The smallest absolute Gasteiger partial charge is 0.188 e. The van der Waals surface area contributed by atoms with Crippen molar-refractivity contribution in [2.75, 3.05) is 37.7 Å². The van der Waals surface area contributed by atoms with Crippen molar-refractivity contribution in [2.45, 2.75) is 13.0 Å². The van der Waals surface area contributed by atoms with Gasteiger partial charge in [-0.1, -0.05) is 18.2 Å². The highest BCUT2D eigenvalue weighted by atomic mass is 127. The predicted octanol–water partition coefficient (Wildman–Crippen LogP) is 2.18. The number of ether oxygens (including phenoxy) is 1. The van der Waals surface area contributed by atoms with Crippen LogP contribution in [-0.2, 0) is 17.7 Å². The van der Waals surface area contributed by atoms with Crippen LogP contribution >= 0.6 is 24.0 Å². The van der Waals surface area contributed by atoms with E-state index < -0.39 is 0 Å². The Balaban J connectivity index is 0.00000243. The van der Waals surface area contributed by atoms with Gasteiger partial charge in [-0.2, -0.15) is 0 Å². The Hall–Kier alpha value is -1.87. The van der Waals surface area contributed by atoms with Crippen LogP contribution in [0.5, 0.6) is 0 Å². The fraction of sp³-hybridized carbons (Fsp3) is 0.368. The number of nitrogens with one attached hydrogen (secondary N) is 1. The molecule has 0 amide bonds. The molecular weight excluding hydrogens is 441 g/mol. The van der Waals surface area contributed by atoms with E-state index in [1.165, 1.54) is 5.69 Å². The maximum atomic E-state index is 5.93. The van der Waals surface area contributed by atoms with Crippen molar-refractivity contribution in [3.63, 3.8) is 0 Å². The number of aliphatic imine (C=N–C) groups is 1. The van der Waals surface area contributed by atoms with Crippen LogP contribution in [0.4, 0.5) is 5.69 Å². The number of nitrogens with two attached hydrogens (primary N) is 1. The Morgan fingerprint density at radius 1 is 1.15 bits per heavy atom. The van der Waals surface area contributed by atoms with Crippen LogP contribution in [0.3, 0.4) is 0 Å². The van der Waals surface area contributed by atoms with Gasteiger partial charge in [0.2, 0.25) is 0 Å². The highest BCUT2D eigenvalue weighted by molar-refractivity contribution is 14.0. The molecule has 6 nitrogen and oxygen atoms in total. The first-order valence-corrected chi connectivity index (χ1v) is 8.66. The highest BCUT2D eigenvalue weighted by Crippen LogP contribution is 2.17. The third-order valence-electron chi connectivity index (χ3n) is 4.16. The van der Waals surface area contributed by atoms with Crippen LogP contribution in [0.2, 0.25) is 0 Å². The molecule has 0 bridgehead atoms. The molecule has 1 aliphatic heterocycles. The summed E-state index contributed by atoms with van der Waals surface area (Å²) in [5.74, 6) is 0.466. The van der Waals surface area contributed by atoms with Crippen molar-refractivity contribution < 1.29 is 4.74 Å². The van der Waals surface area contributed by atoms with Gasteiger partial charge in [0.1, 0.15) is 0 Å². The minimum atomic E-state index is 0. The molecule has 3 rings (SSSR count). The summed E-state index contributed by atoms with van der Waals surface area (Å²) in [6.07, 6.45) is 2.62. The number of nitrogens with zero attached hydrogens (tertiary/aromatic N) is 3. The quantitative estimate of drug-likeness (QED) is 0.387. The number of aromatic nitrogens is 1. The third kappa shape index (κ3) is 6.45. The first-order valence-electron chi connectivity index (χ1n) is 8.66. The Labute approximate surface area is 171 Å². The molecule has 2 heterocycles. The zero-order valence-electron chi connectivity index (χ0n) is 14.8. The number of benzene rings is 1. The minimum absolute atomic E-state index is 0. The maximum absolute atomic E-state index is 5.93. The SMILES string of the molecule is I.NC(=NCc1ccc(N2CCOCC2)cc1)NCCc1ccccn1. The second-order valence-corrected chi connectivity index (χ2v) is 5.97. The van der Waals surface area contributed by atoms with E-state index >= 15 is 0 Å². The summed E-state index contributed by atoms with van der Waals surface area (Å²) in [5.41, 5.74) is 9.35. The standard InChI is InChI=1S/C19H25N5O.HI/c20-19(22-10-8-17-3-1-2-9-21-17)23-15-16-4-6-18(7-5-16)24-11-13-25-14-12-24;/h1-7,9H,8,10-15H2,(H3,20,22,23);1H. The van der Waals surface area contributed by atoms with Gasteiger partial charge in [-0.25, -0.2) is 4.99 Å². The topological polar surface area (TPSA) is 75.8 Å². The van der Waals surface area contributed by atoms with E-state index in [2.05, 4.69) is 44.5 Å². The Bertz CT molecular complexity index is 672. The van der Waals surface area contributed by atoms with Crippen LogP contribution < -0.4 is 16.0 Å². The van der Waals surface area contributed by atoms with E-state index in [1.807, 2.05) is 18.2 Å². The van der Waals surface area contributed by atoms with Crippen LogP contribution in [0.1, 0.15) is 11.3 Å². The summed E-state index contributed by atoms with van der Waals surface area (Å²) in [6.45, 7) is 4.79. The lowest BCUT2D eigenvalue weighted by Gasteiger charge is -2.28. The molecule has 7 heteroatoms. The molecular formula is C19H26IN5O. The van der Waals surface area contributed by atoms with E-state index in [0.29, 0.717) is 12.5 Å². The first kappa shape index (κ1) is 20.4. The van der Waals surface area contributed by atoms with Gasteiger partial charge in [-0.15, -0.1) is 24.0 Å². The van der Waals surface area contributed by atoms with Gasteiger partial charge in [-0.05, 0) is 29.8 Å². The summed E-state index contributed by atoms with van der Waals surface area (Å²) in [4.78, 5) is 11.0. The zero-order chi connectivity index (χ0) is 17.3. The molecule has 1 aromatic heterocycles. The van der Waals surface area contributed by atoms with Crippen molar-refractivity contribution in [1.29, 1.82) is 0 Å². The molecule has 1 saturated heterocycles. The number of rotatable bonds is 6. The molecule has 0 aliphatic carbocycles. The predicted molar refractivity (Wildman–Crippen MR) is 116 cm³/mol. The monoisotopic (exact) mass is 467 g/mol. The van der Waals surface area contributed by atoms with E-state index in [9.17, 15) is 0 Å². The second-order valence-electron chi connectivity index (χ2n) is 5.97. The van der Waals surface area contributed by atoms with Gasteiger partial charge in [0, 0.05) is 43.6 Å². The molecule has 0 radical (unpaired) electrons. The van der Waals surface area contributed by atoms with Gasteiger partial charge in [-0.3, -0.25) is 4.98 Å². The summed E-state index contributed by atoms with van der Waals surface area (Å²) in [7, 11) is 0. The van der Waals surface area contributed by atoms with Crippen LogP contribution in [0.25, 0.3) is 0 Å². The molecule has 1 aromatic carbocycles. The average Bonchev–Trinajstić information content (AvgIpc) is 2.68. The Morgan fingerprint density at radius 2 is 1.92 bits per heavy atom. The Kier molecular flexibility index (Phi) is 8.63. The Morgan fingerprint density at radius 3 is 2.62 bits per heavy atom. The van der Waals surface area contributed by atoms with E-state index in [4.69, 9.17) is 10.5 Å². The third-order valence-corrected chi connectivity index (χ3v) is 4.16. The molecule has 26 heavy (non-hydrogen) atoms. The highest BCUT2D eigenvalue weighted by Gasteiger charge is 2.10. The molecule has 0 spiro atoms. The van der Waals surface area contributed by atoms with Crippen LogP contribution in [0, 0.1) is 0 Å². The van der Waals surface area contributed by atoms with Crippen molar-refractivity contribution in [1.82, 2.24) is 10.3 Å². The number of anilines is 1. The molecule has 3 N–H and O–H groups in total. The minimum Gasteiger partial charge on any atom is -0.378 e. The number of hydrogen-bond donors (Lipinski definition) is 2. The summed E-state index contributed by atoms with van der Waals surface area (Å²) in [6, 6.07) is 14.4. The van der Waals surface area contributed by atoms with Crippen molar-refractivity contribution in [2.24, 2.45) is 10.7 Å². The lowest BCUT2D eigenvalue weighted by molar-refractivity contribution is 0.122. The first-order chi connectivity index (χ1) is 12.3. The number of hydrogen-bond acceptors (Lipinski definition) is 4. The molecule has 0 atom stereocenters. The lowest BCUT2D eigenvalue weighted by Crippen LogP contribution is -2.36. The summed E-state index contributed by atoms with van der Waals surface area (Å²) < 4.78 is 5.39. The number of morpholine rings is 1. The molecule has 1 aliphatic rings. The van der Waals surface area contributed by atoms with Gasteiger partial charge >= 0.3 is 0 Å². The van der Waals surface area contributed by atoms with Crippen molar-refractivity contribution in [3.8, 4) is 0 Å². The zero-order valence-corrected chi connectivity index (χ0v) is 17.1. The fourth-order valence-electron chi connectivity index (χ4n) is 2.73. The largest absolute Gasteiger partial charge is 0.378 e. The van der Waals surface area contributed by atoms with E-state index in [-0.39, 0.29) is 24.0 Å². The number of pyridine rings is 1. The van der Waals surface area contributed by atoms with Crippen LogP contribution in [0.15, 0.2) is 53.7 Å². The number of guanidine groups is 1. The summed E-state index contributed by atoms with van der Waals surface area (Å²) >= 11 is 0. The normalized spacial score (nSPS) is 14.6.